The van der Waals surface area contributed by atoms with E-state index in [9.17, 15) is 21.6 Å². The highest BCUT2D eigenvalue weighted by atomic mass is 35.5. The van der Waals surface area contributed by atoms with Gasteiger partial charge in [0.25, 0.3) is 0 Å². The molecule has 0 amide bonds. The molecule has 0 aromatic heterocycles. The Hall–Kier alpha value is -0.910. The SMILES string of the molecule is O=S(=O)(CCC(F)(F)F)N1CCC(OCCC2CC2C2CCN(C3=NCC(Cl)C=N3)CC2)CC1. The number of rotatable bonds is 8. The van der Waals surface area contributed by atoms with Crippen LogP contribution in [0.5, 0.6) is 0 Å². The molecule has 0 bridgehead atoms. The maximum Gasteiger partial charge on any atom is 0.390 e. The third-order valence-electron chi connectivity index (χ3n) is 7.44. The number of piperidine rings is 2. The average molecular weight is 527 g/mol. The molecule has 3 unspecified atom stereocenters. The van der Waals surface area contributed by atoms with Gasteiger partial charge in [0.05, 0.1) is 30.2 Å². The Labute approximate surface area is 204 Å². The van der Waals surface area contributed by atoms with Crippen LogP contribution >= 0.6 is 11.6 Å². The van der Waals surface area contributed by atoms with Crippen LogP contribution in [0.2, 0.25) is 0 Å². The van der Waals surface area contributed by atoms with Crippen LogP contribution in [-0.4, -0.2) is 92.5 Å². The van der Waals surface area contributed by atoms with Crippen LogP contribution in [0.1, 0.15) is 44.9 Å². The van der Waals surface area contributed by atoms with E-state index in [0.717, 1.165) is 50.1 Å². The average Bonchev–Trinajstić information content (AvgIpc) is 3.58. The van der Waals surface area contributed by atoms with Crippen molar-refractivity contribution in [3.05, 3.63) is 0 Å². The number of ether oxygens (including phenoxy) is 1. The molecule has 3 heterocycles. The van der Waals surface area contributed by atoms with Crippen LogP contribution in [-0.2, 0) is 14.8 Å². The molecular formula is C22H34ClF3N4O3S. The number of guanidine groups is 1. The molecule has 3 aliphatic heterocycles. The molecule has 0 N–H and O–H groups in total. The van der Waals surface area contributed by atoms with E-state index < -0.39 is 28.4 Å². The quantitative estimate of drug-likeness (QED) is 0.453. The molecule has 12 heteroatoms. The summed E-state index contributed by atoms with van der Waals surface area (Å²) in [4.78, 5) is 11.1. The van der Waals surface area contributed by atoms with Crippen LogP contribution in [0, 0.1) is 17.8 Å². The Balaban J connectivity index is 1.09. The van der Waals surface area contributed by atoms with Gasteiger partial charge in [-0.15, -0.1) is 11.6 Å². The second-order valence-corrected chi connectivity index (χ2v) is 12.5. The van der Waals surface area contributed by atoms with Crippen molar-refractivity contribution in [2.24, 2.45) is 27.7 Å². The Kier molecular flexibility index (Phi) is 8.47. The molecule has 34 heavy (non-hydrogen) atoms. The van der Waals surface area contributed by atoms with Crippen LogP contribution in [0.3, 0.4) is 0 Å². The Bertz CT molecular complexity index is 854. The van der Waals surface area contributed by atoms with E-state index in [2.05, 4.69) is 14.9 Å². The van der Waals surface area contributed by atoms with E-state index in [0.29, 0.717) is 31.9 Å². The fourth-order valence-corrected chi connectivity index (χ4v) is 6.97. The van der Waals surface area contributed by atoms with Crippen molar-refractivity contribution < 1.29 is 26.3 Å². The molecule has 0 spiro atoms. The molecular weight excluding hydrogens is 493 g/mol. The first-order chi connectivity index (χ1) is 16.1. The van der Waals surface area contributed by atoms with Gasteiger partial charge in [0.1, 0.15) is 0 Å². The number of likely N-dealkylation sites (tertiary alicyclic amines) is 1. The van der Waals surface area contributed by atoms with Gasteiger partial charge in [-0.25, -0.2) is 22.7 Å². The first-order valence-corrected chi connectivity index (χ1v) is 14.3. The fourth-order valence-electron chi connectivity index (χ4n) is 5.33. The van der Waals surface area contributed by atoms with Crippen molar-refractivity contribution in [3.63, 3.8) is 0 Å². The van der Waals surface area contributed by atoms with E-state index in [-0.39, 0.29) is 24.6 Å². The first-order valence-electron chi connectivity index (χ1n) is 12.2. The lowest BCUT2D eigenvalue weighted by molar-refractivity contribution is -0.130. The number of hydrogen-bond donors (Lipinski definition) is 0. The van der Waals surface area contributed by atoms with Crippen LogP contribution in [0.4, 0.5) is 13.2 Å². The summed E-state index contributed by atoms with van der Waals surface area (Å²) >= 11 is 6.01. The van der Waals surface area contributed by atoms with E-state index in [1.54, 1.807) is 6.21 Å². The van der Waals surface area contributed by atoms with Gasteiger partial charge in [-0.05, 0) is 56.3 Å². The normalized spacial score (nSPS) is 29.9. The topological polar surface area (TPSA) is 74.6 Å². The van der Waals surface area contributed by atoms with Crippen molar-refractivity contribution in [2.75, 3.05) is 45.1 Å². The monoisotopic (exact) mass is 526 g/mol. The smallest absolute Gasteiger partial charge is 0.378 e. The summed E-state index contributed by atoms with van der Waals surface area (Å²) in [5, 5.41) is -0.0976. The van der Waals surface area contributed by atoms with Gasteiger partial charge in [0.2, 0.25) is 16.0 Å². The second kappa shape index (κ2) is 11.0. The molecule has 4 rings (SSSR count). The lowest BCUT2D eigenvalue weighted by Gasteiger charge is -2.33. The van der Waals surface area contributed by atoms with Gasteiger partial charge in [-0.1, -0.05) is 0 Å². The lowest BCUT2D eigenvalue weighted by atomic mass is 9.90. The summed E-state index contributed by atoms with van der Waals surface area (Å²) in [6, 6.07) is 0. The Morgan fingerprint density at radius 1 is 1.12 bits per heavy atom. The highest BCUT2D eigenvalue weighted by Gasteiger charge is 2.43. The van der Waals surface area contributed by atoms with Crippen molar-refractivity contribution in [1.29, 1.82) is 0 Å². The van der Waals surface area contributed by atoms with Gasteiger partial charge in [0, 0.05) is 39.0 Å². The summed E-state index contributed by atoms with van der Waals surface area (Å²) in [7, 11) is -3.86. The predicted octanol–water partition coefficient (Wildman–Crippen LogP) is 3.54. The molecule has 0 aromatic carbocycles. The number of sulfonamides is 1. The summed E-state index contributed by atoms with van der Waals surface area (Å²) < 4.78 is 68.5. The maximum absolute atomic E-state index is 12.4. The minimum atomic E-state index is -4.46. The maximum atomic E-state index is 12.4. The largest absolute Gasteiger partial charge is 0.390 e. The van der Waals surface area contributed by atoms with Crippen molar-refractivity contribution in [1.82, 2.24) is 9.21 Å². The third kappa shape index (κ3) is 7.30. The lowest BCUT2D eigenvalue weighted by Crippen LogP contribution is -2.42. The van der Waals surface area contributed by atoms with Gasteiger partial charge in [0.15, 0.2) is 0 Å². The van der Waals surface area contributed by atoms with Crippen molar-refractivity contribution >= 4 is 33.8 Å². The molecule has 194 valence electrons. The molecule has 3 atom stereocenters. The van der Waals surface area contributed by atoms with E-state index in [1.807, 2.05) is 0 Å². The Morgan fingerprint density at radius 3 is 2.44 bits per heavy atom. The van der Waals surface area contributed by atoms with Gasteiger partial charge >= 0.3 is 6.18 Å². The minimum absolute atomic E-state index is 0.0149. The summed E-state index contributed by atoms with van der Waals surface area (Å²) in [6.07, 6.45) is 1.64. The number of halogens is 4. The molecule has 2 saturated heterocycles. The van der Waals surface area contributed by atoms with Crippen LogP contribution in [0.15, 0.2) is 9.98 Å². The van der Waals surface area contributed by atoms with Crippen LogP contribution in [0.25, 0.3) is 0 Å². The standard InChI is InChI=1S/C22H34ClF3N4O3S/c23-18-14-27-21(28-15-18)29-7-1-16(2-8-29)20-13-17(20)5-11-33-19-3-9-30(10-4-19)34(31,32)12-6-22(24,25)26/h14,16-20H,1-13,15H2. The minimum Gasteiger partial charge on any atom is -0.378 e. The number of nitrogens with zero attached hydrogens (tertiary/aromatic N) is 4. The summed E-state index contributed by atoms with van der Waals surface area (Å²) in [5.41, 5.74) is 0. The number of hydrogen-bond acceptors (Lipinski definition) is 6. The van der Waals surface area contributed by atoms with Crippen molar-refractivity contribution in [3.8, 4) is 0 Å². The van der Waals surface area contributed by atoms with Crippen molar-refractivity contribution in [2.45, 2.75) is 62.6 Å². The number of alkyl halides is 4. The fraction of sp³-hybridized carbons (Fsp3) is 0.909. The Morgan fingerprint density at radius 2 is 1.82 bits per heavy atom. The zero-order chi connectivity index (χ0) is 24.3. The molecule has 0 aromatic rings. The van der Waals surface area contributed by atoms with E-state index in [1.165, 1.54) is 10.7 Å². The van der Waals surface area contributed by atoms with E-state index in [4.69, 9.17) is 16.3 Å². The molecule has 0 radical (unpaired) electrons. The highest BCUT2D eigenvalue weighted by molar-refractivity contribution is 7.89. The molecule has 3 fully saturated rings. The highest BCUT2D eigenvalue weighted by Crippen LogP contribution is 2.49. The molecule has 7 nitrogen and oxygen atoms in total. The molecule has 1 aliphatic carbocycles. The van der Waals surface area contributed by atoms with E-state index >= 15 is 0 Å². The number of aliphatic imine (C=N–C) groups is 2. The predicted molar refractivity (Wildman–Crippen MR) is 126 cm³/mol. The van der Waals surface area contributed by atoms with Gasteiger partial charge in [-0.2, -0.15) is 13.2 Å². The third-order valence-corrected chi connectivity index (χ3v) is 9.57. The van der Waals surface area contributed by atoms with Gasteiger partial charge < -0.3 is 9.64 Å². The zero-order valence-electron chi connectivity index (χ0n) is 19.3. The van der Waals surface area contributed by atoms with Gasteiger partial charge in [-0.3, -0.25) is 0 Å². The second-order valence-electron chi connectivity index (χ2n) is 9.86. The van der Waals surface area contributed by atoms with Crippen LogP contribution < -0.4 is 0 Å². The molecule has 4 aliphatic rings. The first kappa shape index (κ1) is 26.2. The summed E-state index contributed by atoms with van der Waals surface area (Å²) in [5.74, 6) is 2.13. The molecule has 1 saturated carbocycles. The zero-order valence-corrected chi connectivity index (χ0v) is 20.9. The summed E-state index contributed by atoms with van der Waals surface area (Å²) in [6.45, 7) is 3.69.